The first kappa shape index (κ1) is 22.5. The zero-order valence-corrected chi connectivity index (χ0v) is 19.2. The fraction of sp³-hybridized carbons (Fsp3) is 0.318. The van der Waals surface area contributed by atoms with Crippen molar-refractivity contribution in [1.82, 2.24) is 14.5 Å². The van der Waals surface area contributed by atoms with Crippen molar-refractivity contribution >= 4 is 33.7 Å². The first-order chi connectivity index (χ1) is 15.4. The van der Waals surface area contributed by atoms with Crippen molar-refractivity contribution in [2.45, 2.75) is 35.3 Å². The van der Waals surface area contributed by atoms with Crippen molar-refractivity contribution in [3.8, 4) is 0 Å². The molecule has 0 aliphatic carbocycles. The Morgan fingerprint density at radius 1 is 1.09 bits per heavy atom. The van der Waals surface area contributed by atoms with Crippen LogP contribution in [0.15, 0.2) is 68.8 Å². The van der Waals surface area contributed by atoms with E-state index in [1.807, 2.05) is 37.3 Å². The molecule has 1 N–H and O–H groups in total. The van der Waals surface area contributed by atoms with Gasteiger partial charge in [0.25, 0.3) is 0 Å². The predicted octanol–water partition coefficient (Wildman–Crippen LogP) is 3.71. The molecular formula is C22H24N4O4S2. The number of sulfonamides is 1. The fourth-order valence-electron chi connectivity index (χ4n) is 3.45. The molecule has 168 valence electrons. The van der Waals surface area contributed by atoms with Gasteiger partial charge in [-0.15, -0.1) is 16.9 Å². The maximum atomic E-state index is 12.8. The van der Waals surface area contributed by atoms with Crippen LogP contribution in [0.1, 0.15) is 24.3 Å². The smallest absolute Gasteiger partial charge is 0.322 e. The average molecular weight is 473 g/mol. The Hall–Kier alpha value is -2.69. The first-order valence-corrected chi connectivity index (χ1v) is 12.7. The van der Waals surface area contributed by atoms with Crippen LogP contribution >= 0.6 is 11.8 Å². The summed E-state index contributed by atoms with van der Waals surface area (Å²) in [5.74, 6) is 0.382. The molecule has 8 nitrogen and oxygen atoms in total. The molecule has 1 fully saturated rings. The molecule has 1 amide bonds. The molecule has 1 saturated heterocycles. The quantitative estimate of drug-likeness (QED) is 0.523. The Labute approximate surface area is 191 Å². The van der Waals surface area contributed by atoms with Gasteiger partial charge in [0.1, 0.15) is 0 Å². The van der Waals surface area contributed by atoms with E-state index in [9.17, 15) is 13.2 Å². The second-order valence-electron chi connectivity index (χ2n) is 7.58. The Morgan fingerprint density at radius 2 is 1.78 bits per heavy atom. The SMILES string of the molecule is Cc1ccc(S(=O)(=O)N2CCC(C(=O)Nc3nnc(CSc4ccccc4)o3)CC2)cc1. The Kier molecular flexibility index (Phi) is 6.92. The number of anilines is 1. The van der Waals surface area contributed by atoms with E-state index in [-0.39, 0.29) is 35.8 Å². The van der Waals surface area contributed by atoms with Gasteiger partial charge in [-0.2, -0.15) is 4.31 Å². The zero-order valence-electron chi connectivity index (χ0n) is 17.6. The number of hydrogen-bond acceptors (Lipinski definition) is 7. The predicted molar refractivity (Wildman–Crippen MR) is 122 cm³/mol. The highest BCUT2D eigenvalue weighted by molar-refractivity contribution is 7.98. The van der Waals surface area contributed by atoms with Crippen molar-refractivity contribution in [3.05, 3.63) is 66.1 Å². The van der Waals surface area contributed by atoms with Crippen molar-refractivity contribution in [2.75, 3.05) is 18.4 Å². The van der Waals surface area contributed by atoms with Crippen LogP contribution < -0.4 is 5.32 Å². The number of thioether (sulfide) groups is 1. The molecule has 0 unspecified atom stereocenters. The van der Waals surface area contributed by atoms with Crippen LogP contribution in [-0.2, 0) is 20.6 Å². The monoisotopic (exact) mass is 472 g/mol. The second-order valence-corrected chi connectivity index (χ2v) is 10.6. The van der Waals surface area contributed by atoms with Crippen LogP contribution in [0.3, 0.4) is 0 Å². The van der Waals surface area contributed by atoms with Crippen LogP contribution in [0, 0.1) is 12.8 Å². The van der Waals surface area contributed by atoms with E-state index in [2.05, 4.69) is 15.5 Å². The van der Waals surface area contributed by atoms with Crippen LogP contribution in [0.4, 0.5) is 6.01 Å². The summed E-state index contributed by atoms with van der Waals surface area (Å²) in [5, 5.41) is 10.5. The summed E-state index contributed by atoms with van der Waals surface area (Å²) in [4.78, 5) is 14.0. The highest BCUT2D eigenvalue weighted by Gasteiger charge is 2.32. The lowest BCUT2D eigenvalue weighted by molar-refractivity contribution is -0.121. The summed E-state index contributed by atoms with van der Waals surface area (Å²) in [5.41, 5.74) is 1.00. The molecule has 1 aliphatic rings. The van der Waals surface area contributed by atoms with Gasteiger partial charge >= 0.3 is 6.01 Å². The van der Waals surface area contributed by atoms with Gasteiger partial charge in [0.2, 0.25) is 21.8 Å². The summed E-state index contributed by atoms with van der Waals surface area (Å²) < 4.78 is 32.6. The number of nitrogens with one attached hydrogen (secondary N) is 1. The van der Waals surface area contributed by atoms with E-state index in [4.69, 9.17) is 4.42 Å². The van der Waals surface area contributed by atoms with Crippen molar-refractivity contribution < 1.29 is 17.6 Å². The fourth-order valence-corrected chi connectivity index (χ4v) is 5.68. The van der Waals surface area contributed by atoms with Crippen molar-refractivity contribution in [3.63, 3.8) is 0 Å². The molecule has 0 radical (unpaired) electrons. The largest absolute Gasteiger partial charge is 0.407 e. The molecule has 2 heterocycles. The third-order valence-electron chi connectivity index (χ3n) is 5.29. The molecule has 0 bridgehead atoms. The molecular weight excluding hydrogens is 448 g/mol. The topological polar surface area (TPSA) is 105 Å². The van der Waals surface area contributed by atoms with Gasteiger partial charge in [0.05, 0.1) is 10.6 Å². The molecule has 3 aromatic rings. The van der Waals surface area contributed by atoms with E-state index in [1.54, 1.807) is 36.0 Å². The maximum Gasteiger partial charge on any atom is 0.322 e. The number of benzene rings is 2. The third kappa shape index (κ3) is 5.37. The molecule has 1 aromatic heterocycles. The van der Waals surface area contributed by atoms with Crippen LogP contribution in [0.2, 0.25) is 0 Å². The highest BCUT2D eigenvalue weighted by atomic mass is 32.2. The molecule has 4 rings (SSSR count). The molecule has 1 aliphatic heterocycles. The van der Waals surface area contributed by atoms with Gasteiger partial charge in [-0.1, -0.05) is 41.0 Å². The molecule has 2 aromatic carbocycles. The standard InChI is InChI=1S/C22H24N4O4S2/c1-16-7-9-19(10-8-16)32(28,29)26-13-11-17(12-14-26)21(27)23-22-25-24-20(30-22)15-31-18-5-3-2-4-6-18/h2-10,17H,11-15H2,1H3,(H,23,25,27). The lowest BCUT2D eigenvalue weighted by Gasteiger charge is -2.30. The Bertz CT molecular complexity index is 1160. The summed E-state index contributed by atoms with van der Waals surface area (Å²) in [7, 11) is -3.55. The molecule has 10 heteroatoms. The van der Waals surface area contributed by atoms with Gasteiger partial charge in [-0.3, -0.25) is 10.1 Å². The molecule has 0 spiro atoms. The van der Waals surface area contributed by atoms with Crippen LogP contribution in [-0.4, -0.2) is 41.9 Å². The Morgan fingerprint density at radius 3 is 2.47 bits per heavy atom. The van der Waals surface area contributed by atoms with E-state index in [1.165, 1.54) is 4.31 Å². The number of amides is 1. The van der Waals surface area contributed by atoms with Crippen LogP contribution in [0.5, 0.6) is 0 Å². The number of carbonyl (C=O) groups excluding carboxylic acids is 1. The Balaban J connectivity index is 1.28. The number of carbonyl (C=O) groups is 1. The average Bonchev–Trinajstić information content (AvgIpc) is 3.26. The summed E-state index contributed by atoms with van der Waals surface area (Å²) >= 11 is 1.56. The van der Waals surface area contributed by atoms with Crippen molar-refractivity contribution in [2.24, 2.45) is 5.92 Å². The van der Waals surface area contributed by atoms with Crippen LogP contribution in [0.25, 0.3) is 0 Å². The number of aryl methyl sites for hydroxylation is 1. The normalized spacial score (nSPS) is 15.5. The minimum atomic E-state index is -3.55. The molecule has 0 saturated carbocycles. The molecule has 32 heavy (non-hydrogen) atoms. The lowest BCUT2D eigenvalue weighted by Crippen LogP contribution is -2.41. The minimum absolute atomic E-state index is 0.0633. The summed E-state index contributed by atoms with van der Waals surface area (Å²) in [6, 6.07) is 16.7. The van der Waals surface area contributed by atoms with Gasteiger partial charge in [0, 0.05) is 23.9 Å². The lowest BCUT2D eigenvalue weighted by atomic mass is 9.97. The first-order valence-electron chi connectivity index (χ1n) is 10.3. The van der Waals surface area contributed by atoms with E-state index in [0.717, 1.165) is 10.5 Å². The van der Waals surface area contributed by atoms with E-state index >= 15 is 0 Å². The summed E-state index contributed by atoms with van der Waals surface area (Å²) in [6.07, 6.45) is 0.865. The zero-order chi connectivity index (χ0) is 22.6. The number of rotatable bonds is 7. The van der Waals surface area contributed by atoms with Crippen molar-refractivity contribution in [1.29, 1.82) is 0 Å². The molecule has 0 atom stereocenters. The van der Waals surface area contributed by atoms with Gasteiger partial charge in [0.15, 0.2) is 0 Å². The number of aromatic nitrogens is 2. The van der Waals surface area contributed by atoms with Gasteiger partial charge in [-0.05, 0) is 44.0 Å². The van der Waals surface area contributed by atoms with E-state index < -0.39 is 10.0 Å². The van der Waals surface area contributed by atoms with Gasteiger partial charge < -0.3 is 4.42 Å². The number of nitrogens with zero attached hydrogens (tertiary/aromatic N) is 3. The number of piperidine rings is 1. The van der Waals surface area contributed by atoms with Gasteiger partial charge in [-0.25, -0.2) is 8.42 Å². The minimum Gasteiger partial charge on any atom is -0.407 e. The van der Waals surface area contributed by atoms with E-state index in [0.29, 0.717) is 24.5 Å². The second kappa shape index (κ2) is 9.85. The maximum absolute atomic E-state index is 12.8. The number of hydrogen-bond donors (Lipinski definition) is 1. The third-order valence-corrected chi connectivity index (χ3v) is 8.20. The summed E-state index contributed by atoms with van der Waals surface area (Å²) in [6.45, 7) is 2.49. The highest BCUT2D eigenvalue weighted by Crippen LogP contribution is 2.26.